The highest BCUT2D eigenvalue weighted by atomic mass is 19.1. The Kier molecular flexibility index (Phi) is 3.96. The van der Waals surface area contributed by atoms with Gasteiger partial charge in [0.1, 0.15) is 11.5 Å². The van der Waals surface area contributed by atoms with E-state index in [1.807, 2.05) is 0 Å². The first-order valence-corrected chi connectivity index (χ1v) is 6.61. The van der Waals surface area contributed by atoms with E-state index < -0.39 is 11.9 Å². The average molecular weight is 315 g/mol. The van der Waals surface area contributed by atoms with Gasteiger partial charge in [-0.2, -0.15) is 9.49 Å². The lowest BCUT2D eigenvalue weighted by Gasteiger charge is -2.06. The number of carbonyl (C=O) groups excluding carboxylic acids is 1. The third-order valence-electron chi connectivity index (χ3n) is 3.01. The number of nitrogens with zero attached hydrogens (tertiary/aromatic N) is 2. The fraction of sp³-hybridized carbons (Fsp3) is 0. The molecule has 0 spiro atoms. The number of benzene rings is 1. The zero-order chi connectivity index (χ0) is 16.2. The topological polar surface area (TPSA) is 82.7 Å². The molecule has 0 saturated carbocycles. The molecule has 1 aromatic carbocycles. The number of hydrogen-bond acceptors (Lipinski definition) is 4. The van der Waals surface area contributed by atoms with Crippen molar-refractivity contribution in [3.63, 3.8) is 0 Å². The number of anilines is 1. The van der Waals surface area contributed by atoms with Crippen molar-refractivity contribution in [3.05, 3.63) is 66.1 Å². The molecule has 3 aromatic rings. The third kappa shape index (κ3) is 3.49. The number of hydrazine groups is 1. The SMILES string of the molecule is O=C(NNc1ccc(F)nc1)c1cc(-c2ccc(F)cc2)n[nH]1. The highest BCUT2D eigenvalue weighted by Crippen LogP contribution is 2.18. The van der Waals surface area contributed by atoms with Gasteiger partial charge < -0.3 is 0 Å². The first-order chi connectivity index (χ1) is 11.1. The maximum atomic E-state index is 12.9. The van der Waals surface area contributed by atoms with Gasteiger partial charge in [0.15, 0.2) is 0 Å². The minimum Gasteiger partial charge on any atom is -0.297 e. The summed E-state index contributed by atoms with van der Waals surface area (Å²) in [7, 11) is 0. The van der Waals surface area contributed by atoms with E-state index in [-0.39, 0.29) is 11.5 Å². The Labute approximate surface area is 129 Å². The molecule has 8 heteroatoms. The van der Waals surface area contributed by atoms with Crippen LogP contribution in [0.1, 0.15) is 10.5 Å². The van der Waals surface area contributed by atoms with E-state index >= 15 is 0 Å². The quantitative estimate of drug-likeness (QED) is 0.510. The van der Waals surface area contributed by atoms with Gasteiger partial charge in [-0.05, 0) is 42.5 Å². The number of aromatic nitrogens is 3. The number of nitrogens with one attached hydrogen (secondary N) is 3. The molecule has 0 radical (unpaired) electrons. The lowest BCUT2D eigenvalue weighted by atomic mass is 10.1. The molecule has 0 saturated heterocycles. The molecule has 1 amide bonds. The molecule has 3 N–H and O–H groups in total. The van der Waals surface area contributed by atoms with Crippen LogP contribution in [0.15, 0.2) is 48.7 Å². The van der Waals surface area contributed by atoms with Crippen molar-refractivity contribution >= 4 is 11.6 Å². The number of aromatic amines is 1. The number of halogens is 2. The molecule has 0 aliphatic carbocycles. The second kappa shape index (κ2) is 6.22. The van der Waals surface area contributed by atoms with Crippen LogP contribution in [0.4, 0.5) is 14.5 Å². The predicted octanol–water partition coefficient (Wildman–Crippen LogP) is 2.51. The molecule has 2 heterocycles. The van der Waals surface area contributed by atoms with E-state index in [9.17, 15) is 13.6 Å². The van der Waals surface area contributed by atoms with Gasteiger partial charge in [-0.15, -0.1) is 0 Å². The second-order valence-electron chi connectivity index (χ2n) is 4.62. The first kappa shape index (κ1) is 14.6. The molecule has 0 bridgehead atoms. The predicted molar refractivity (Wildman–Crippen MR) is 79.3 cm³/mol. The van der Waals surface area contributed by atoms with E-state index in [0.29, 0.717) is 16.9 Å². The molecule has 0 fully saturated rings. The van der Waals surface area contributed by atoms with Crippen molar-refractivity contribution < 1.29 is 13.6 Å². The number of H-pyrrole nitrogens is 1. The van der Waals surface area contributed by atoms with Crippen LogP contribution in [0, 0.1) is 11.8 Å². The summed E-state index contributed by atoms with van der Waals surface area (Å²) in [6.07, 6.45) is 1.24. The van der Waals surface area contributed by atoms with E-state index in [2.05, 4.69) is 26.0 Å². The van der Waals surface area contributed by atoms with Crippen LogP contribution in [0.2, 0.25) is 0 Å². The summed E-state index contributed by atoms with van der Waals surface area (Å²) in [4.78, 5) is 15.4. The largest absolute Gasteiger partial charge is 0.297 e. The van der Waals surface area contributed by atoms with Crippen LogP contribution < -0.4 is 10.9 Å². The fourth-order valence-electron chi connectivity index (χ4n) is 1.85. The van der Waals surface area contributed by atoms with Gasteiger partial charge in [0.2, 0.25) is 5.95 Å². The zero-order valence-electron chi connectivity index (χ0n) is 11.7. The standard InChI is InChI=1S/C15H11F2N5O/c16-10-3-1-9(2-4-10)12-7-13(21-20-12)15(23)22-19-11-5-6-14(17)18-8-11/h1-8,19H,(H,20,21)(H,22,23). The molecule has 0 atom stereocenters. The summed E-state index contributed by atoms with van der Waals surface area (Å²) >= 11 is 0. The molecule has 116 valence electrons. The molecule has 0 aliphatic rings. The highest BCUT2D eigenvalue weighted by molar-refractivity contribution is 5.94. The van der Waals surface area contributed by atoms with Crippen molar-refractivity contribution in [1.29, 1.82) is 0 Å². The maximum Gasteiger partial charge on any atom is 0.287 e. The van der Waals surface area contributed by atoms with Crippen molar-refractivity contribution in [2.75, 3.05) is 5.43 Å². The van der Waals surface area contributed by atoms with E-state index in [1.54, 1.807) is 12.1 Å². The monoisotopic (exact) mass is 315 g/mol. The summed E-state index contributed by atoms with van der Waals surface area (Å²) in [5.41, 5.74) is 6.86. The fourth-order valence-corrected chi connectivity index (χ4v) is 1.85. The lowest BCUT2D eigenvalue weighted by molar-refractivity contribution is 0.0957. The van der Waals surface area contributed by atoms with Crippen molar-refractivity contribution in [3.8, 4) is 11.3 Å². The van der Waals surface area contributed by atoms with Crippen LogP contribution in [0.3, 0.4) is 0 Å². The maximum absolute atomic E-state index is 12.9. The third-order valence-corrected chi connectivity index (χ3v) is 3.01. The van der Waals surface area contributed by atoms with Crippen molar-refractivity contribution in [2.24, 2.45) is 0 Å². The minimum atomic E-state index is -0.612. The van der Waals surface area contributed by atoms with Gasteiger partial charge in [0, 0.05) is 5.56 Å². The van der Waals surface area contributed by atoms with Gasteiger partial charge in [-0.1, -0.05) is 0 Å². The Bertz CT molecular complexity index is 815. The summed E-state index contributed by atoms with van der Waals surface area (Å²) in [6, 6.07) is 9.88. The number of amides is 1. The Balaban J connectivity index is 1.66. The number of carbonyl (C=O) groups is 1. The van der Waals surface area contributed by atoms with E-state index in [0.717, 1.165) is 6.07 Å². The smallest absolute Gasteiger partial charge is 0.287 e. The first-order valence-electron chi connectivity index (χ1n) is 6.61. The lowest BCUT2D eigenvalue weighted by Crippen LogP contribution is -2.29. The normalized spacial score (nSPS) is 10.3. The van der Waals surface area contributed by atoms with Gasteiger partial charge in [-0.25, -0.2) is 9.37 Å². The molecule has 0 unspecified atom stereocenters. The summed E-state index contributed by atoms with van der Waals surface area (Å²) in [6.45, 7) is 0. The summed E-state index contributed by atoms with van der Waals surface area (Å²) < 4.78 is 25.6. The van der Waals surface area contributed by atoms with Gasteiger partial charge in [-0.3, -0.25) is 20.7 Å². The Hall–Kier alpha value is -3.29. The Morgan fingerprint density at radius 1 is 1.09 bits per heavy atom. The summed E-state index contributed by atoms with van der Waals surface area (Å²) in [5, 5.41) is 6.60. The molecular weight excluding hydrogens is 304 g/mol. The van der Waals surface area contributed by atoms with Gasteiger partial charge in [0.05, 0.1) is 17.6 Å². The van der Waals surface area contributed by atoms with E-state index in [1.165, 1.54) is 30.5 Å². The van der Waals surface area contributed by atoms with Crippen LogP contribution in [-0.2, 0) is 0 Å². The number of rotatable bonds is 4. The Morgan fingerprint density at radius 3 is 2.57 bits per heavy atom. The molecular formula is C15H11F2N5O. The molecule has 3 rings (SSSR count). The van der Waals surface area contributed by atoms with Crippen LogP contribution >= 0.6 is 0 Å². The van der Waals surface area contributed by atoms with Gasteiger partial charge >= 0.3 is 0 Å². The molecule has 2 aromatic heterocycles. The van der Waals surface area contributed by atoms with Crippen LogP contribution in [0.25, 0.3) is 11.3 Å². The zero-order valence-corrected chi connectivity index (χ0v) is 11.7. The van der Waals surface area contributed by atoms with Crippen molar-refractivity contribution in [2.45, 2.75) is 0 Å². The second-order valence-corrected chi connectivity index (χ2v) is 4.62. The molecule has 23 heavy (non-hydrogen) atoms. The minimum absolute atomic E-state index is 0.215. The number of hydrogen-bond donors (Lipinski definition) is 3. The molecule has 6 nitrogen and oxygen atoms in total. The average Bonchev–Trinajstić information content (AvgIpc) is 3.05. The van der Waals surface area contributed by atoms with E-state index in [4.69, 9.17) is 0 Å². The summed E-state index contributed by atoms with van der Waals surface area (Å²) in [5.74, 6) is -1.42. The Morgan fingerprint density at radius 2 is 1.87 bits per heavy atom. The van der Waals surface area contributed by atoms with Crippen molar-refractivity contribution in [1.82, 2.24) is 20.6 Å². The van der Waals surface area contributed by atoms with Crippen LogP contribution in [-0.4, -0.2) is 21.1 Å². The van der Waals surface area contributed by atoms with Crippen LogP contribution in [0.5, 0.6) is 0 Å². The number of pyridine rings is 1. The molecule has 0 aliphatic heterocycles. The highest BCUT2D eigenvalue weighted by Gasteiger charge is 2.11. The van der Waals surface area contributed by atoms with Gasteiger partial charge in [0.25, 0.3) is 5.91 Å².